The summed E-state index contributed by atoms with van der Waals surface area (Å²) in [6.07, 6.45) is 0. The Bertz CT molecular complexity index is 1090. The second kappa shape index (κ2) is 8.30. The molecule has 0 N–H and O–H groups in total. The van der Waals surface area contributed by atoms with Gasteiger partial charge in [0.15, 0.2) is 23.9 Å². The molecular formula is C19H17N3O6. The molecule has 0 bridgehead atoms. The molecule has 0 saturated heterocycles. The van der Waals surface area contributed by atoms with Gasteiger partial charge in [-0.2, -0.15) is 4.68 Å². The number of Topliss-reactive ketones (excluding diaryl/α,β-unsaturated/α-hetero) is 1. The van der Waals surface area contributed by atoms with Crippen LogP contribution in [0.4, 0.5) is 0 Å². The monoisotopic (exact) mass is 383 g/mol. The van der Waals surface area contributed by atoms with E-state index in [9.17, 15) is 14.4 Å². The molecule has 3 aromatic rings. The zero-order chi connectivity index (χ0) is 20.1. The van der Waals surface area contributed by atoms with Crippen molar-refractivity contribution in [2.45, 2.75) is 6.54 Å². The van der Waals surface area contributed by atoms with Gasteiger partial charge in [-0.05, 0) is 30.3 Å². The lowest BCUT2D eigenvalue weighted by atomic mass is 10.1. The fraction of sp³-hybridized carbons (Fsp3) is 0.211. The molecule has 0 aliphatic rings. The van der Waals surface area contributed by atoms with Gasteiger partial charge < -0.3 is 14.2 Å². The van der Waals surface area contributed by atoms with Crippen molar-refractivity contribution in [1.82, 2.24) is 15.0 Å². The van der Waals surface area contributed by atoms with Crippen molar-refractivity contribution in [1.29, 1.82) is 0 Å². The number of rotatable bonds is 7. The van der Waals surface area contributed by atoms with Gasteiger partial charge in [-0.1, -0.05) is 17.3 Å². The van der Waals surface area contributed by atoms with Crippen LogP contribution < -0.4 is 15.0 Å². The van der Waals surface area contributed by atoms with E-state index < -0.39 is 30.5 Å². The maximum Gasteiger partial charge on any atom is 0.328 e. The van der Waals surface area contributed by atoms with E-state index in [1.165, 1.54) is 26.4 Å². The third-order valence-corrected chi connectivity index (χ3v) is 3.98. The van der Waals surface area contributed by atoms with Crippen molar-refractivity contribution in [3.8, 4) is 11.5 Å². The van der Waals surface area contributed by atoms with Gasteiger partial charge in [0.25, 0.3) is 5.56 Å². The average molecular weight is 383 g/mol. The van der Waals surface area contributed by atoms with Crippen LogP contribution in [0.1, 0.15) is 10.4 Å². The minimum atomic E-state index is -0.777. The van der Waals surface area contributed by atoms with Crippen molar-refractivity contribution in [3.63, 3.8) is 0 Å². The Hall–Kier alpha value is -3.75. The predicted molar refractivity (Wildman–Crippen MR) is 98.6 cm³/mol. The van der Waals surface area contributed by atoms with Gasteiger partial charge in [0.1, 0.15) is 12.1 Å². The molecule has 3 rings (SSSR count). The SMILES string of the molecule is COc1ccc(C(=O)COC(=O)Cn2nnc3ccccc3c2=O)cc1OC. The Labute approximate surface area is 159 Å². The van der Waals surface area contributed by atoms with E-state index in [0.29, 0.717) is 28.0 Å². The Kier molecular flexibility index (Phi) is 5.64. The molecule has 9 heteroatoms. The fourth-order valence-corrected chi connectivity index (χ4v) is 2.53. The highest BCUT2D eigenvalue weighted by molar-refractivity contribution is 5.98. The third kappa shape index (κ3) is 3.98. The second-order valence-electron chi connectivity index (χ2n) is 5.72. The molecule has 0 amide bonds. The first-order chi connectivity index (χ1) is 13.5. The minimum absolute atomic E-state index is 0.299. The average Bonchev–Trinajstić information content (AvgIpc) is 2.73. The molecule has 0 fully saturated rings. The number of ether oxygens (including phenoxy) is 3. The number of carbonyl (C=O) groups is 2. The summed E-state index contributed by atoms with van der Waals surface area (Å²) in [5.74, 6) is -0.338. The molecule has 9 nitrogen and oxygen atoms in total. The molecule has 28 heavy (non-hydrogen) atoms. The highest BCUT2D eigenvalue weighted by atomic mass is 16.5. The summed E-state index contributed by atoms with van der Waals surface area (Å²) >= 11 is 0. The van der Waals surface area contributed by atoms with Crippen LogP contribution in [-0.2, 0) is 16.1 Å². The van der Waals surface area contributed by atoms with Gasteiger partial charge in [0.05, 0.1) is 19.6 Å². The summed E-state index contributed by atoms with van der Waals surface area (Å²) in [6, 6.07) is 11.3. The Morgan fingerprint density at radius 1 is 1.04 bits per heavy atom. The van der Waals surface area contributed by atoms with E-state index in [1.54, 1.807) is 30.3 Å². The molecule has 144 valence electrons. The topological polar surface area (TPSA) is 110 Å². The summed E-state index contributed by atoms with van der Waals surface area (Å²) in [7, 11) is 2.94. The Morgan fingerprint density at radius 2 is 1.79 bits per heavy atom. The van der Waals surface area contributed by atoms with E-state index >= 15 is 0 Å². The number of carbonyl (C=O) groups excluding carboxylic acids is 2. The Morgan fingerprint density at radius 3 is 2.54 bits per heavy atom. The van der Waals surface area contributed by atoms with Gasteiger partial charge >= 0.3 is 5.97 Å². The summed E-state index contributed by atoms with van der Waals surface area (Å²) < 4.78 is 16.1. The van der Waals surface area contributed by atoms with Crippen molar-refractivity contribution in [2.75, 3.05) is 20.8 Å². The summed E-state index contributed by atoms with van der Waals surface area (Å²) in [6.45, 7) is -0.931. The van der Waals surface area contributed by atoms with E-state index in [0.717, 1.165) is 4.68 Å². The summed E-state index contributed by atoms with van der Waals surface area (Å²) in [4.78, 5) is 36.6. The smallest absolute Gasteiger partial charge is 0.328 e. The first-order valence-electron chi connectivity index (χ1n) is 8.27. The van der Waals surface area contributed by atoms with Crippen LogP contribution in [0, 0.1) is 0 Å². The number of methoxy groups -OCH3 is 2. The summed E-state index contributed by atoms with van der Waals surface area (Å²) in [5, 5.41) is 7.94. The van der Waals surface area contributed by atoms with Crippen LogP contribution in [-0.4, -0.2) is 47.6 Å². The molecule has 0 radical (unpaired) electrons. The van der Waals surface area contributed by atoms with E-state index in [1.807, 2.05) is 0 Å². The number of ketones is 1. The first-order valence-corrected chi connectivity index (χ1v) is 8.27. The van der Waals surface area contributed by atoms with E-state index in [-0.39, 0.29) is 0 Å². The van der Waals surface area contributed by atoms with Gasteiger partial charge in [0, 0.05) is 5.56 Å². The number of nitrogens with zero attached hydrogens (tertiary/aromatic N) is 3. The van der Waals surface area contributed by atoms with Gasteiger partial charge in [-0.15, -0.1) is 5.10 Å². The lowest BCUT2D eigenvalue weighted by molar-refractivity contribution is -0.143. The standard InChI is InChI=1S/C19H17N3O6/c1-26-16-8-7-12(9-17(16)27-2)15(23)11-28-18(24)10-22-19(25)13-5-3-4-6-14(13)20-21-22/h3-9H,10-11H2,1-2H3. The summed E-state index contributed by atoms with van der Waals surface area (Å²) in [5.41, 5.74) is 0.266. The van der Waals surface area contributed by atoms with Crippen LogP contribution in [0.2, 0.25) is 0 Å². The van der Waals surface area contributed by atoms with Crippen molar-refractivity contribution in [3.05, 3.63) is 58.4 Å². The molecule has 2 aromatic carbocycles. The van der Waals surface area contributed by atoms with Crippen LogP contribution in [0.5, 0.6) is 11.5 Å². The lowest BCUT2D eigenvalue weighted by Gasteiger charge is -2.09. The molecule has 1 aromatic heterocycles. The highest BCUT2D eigenvalue weighted by Gasteiger charge is 2.15. The van der Waals surface area contributed by atoms with Gasteiger partial charge in [-0.25, -0.2) is 0 Å². The fourth-order valence-electron chi connectivity index (χ4n) is 2.53. The van der Waals surface area contributed by atoms with Crippen molar-refractivity contribution in [2.24, 2.45) is 0 Å². The second-order valence-corrected chi connectivity index (χ2v) is 5.72. The molecule has 0 spiro atoms. The molecular weight excluding hydrogens is 366 g/mol. The molecule has 0 saturated carbocycles. The predicted octanol–water partition coefficient (Wildman–Crippen LogP) is 1.23. The number of benzene rings is 2. The number of hydrogen-bond acceptors (Lipinski definition) is 8. The molecule has 1 heterocycles. The molecule has 0 aliphatic heterocycles. The van der Waals surface area contributed by atoms with Crippen LogP contribution in [0.25, 0.3) is 10.9 Å². The maximum absolute atomic E-state index is 12.3. The van der Waals surface area contributed by atoms with Crippen LogP contribution in [0.15, 0.2) is 47.3 Å². The minimum Gasteiger partial charge on any atom is -0.493 e. The largest absolute Gasteiger partial charge is 0.493 e. The first kappa shape index (κ1) is 19.0. The van der Waals surface area contributed by atoms with E-state index in [2.05, 4.69) is 10.3 Å². The van der Waals surface area contributed by atoms with Crippen molar-refractivity contribution < 1.29 is 23.8 Å². The van der Waals surface area contributed by atoms with Crippen molar-refractivity contribution >= 4 is 22.7 Å². The normalized spacial score (nSPS) is 10.5. The van der Waals surface area contributed by atoms with Crippen LogP contribution in [0.3, 0.4) is 0 Å². The number of aromatic nitrogens is 3. The van der Waals surface area contributed by atoms with Gasteiger partial charge in [0.2, 0.25) is 0 Å². The number of esters is 1. The third-order valence-electron chi connectivity index (χ3n) is 3.98. The zero-order valence-corrected chi connectivity index (χ0v) is 15.2. The Balaban J connectivity index is 1.65. The quantitative estimate of drug-likeness (QED) is 0.443. The molecule has 0 aliphatic carbocycles. The zero-order valence-electron chi connectivity index (χ0n) is 15.2. The molecule has 0 atom stereocenters. The van der Waals surface area contributed by atoms with Gasteiger partial charge in [-0.3, -0.25) is 14.4 Å². The molecule has 0 unspecified atom stereocenters. The number of hydrogen-bond donors (Lipinski definition) is 0. The number of fused-ring (bicyclic) bond motifs is 1. The van der Waals surface area contributed by atoms with Crippen LogP contribution >= 0.6 is 0 Å². The maximum atomic E-state index is 12.3. The lowest BCUT2D eigenvalue weighted by Crippen LogP contribution is -2.29. The van der Waals surface area contributed by atoms with E-state index in [4.69, 9.17) is 14.2 Å². The highest BCUT2D eigenvalue weighted by Crippen LogP contribution is 2.27.